The second-order valence-electron chi connectivity index (χ2n) is 10.9. The Morgan fingerprint density at radius 2 is 1.80 bits per heavy atom. The largest absolute Gasteiger partial charge is 0.438 e. The van der Waals surface area contributed by atoms with Crippen molar-refractivity contribution in [3.05, 3.63) is 78.1 Å². The van der Waals surface area contributed by atoms with Gasteiger partial charge >= 0.3 is 6.18 Å². The summed E-state index contributed by atoms with van der Waals surface area (Å²) in [6, 6.07) is 16.9. The average molecular weight is 600 g/mol. The normalized spacial score (nSPS) is 14.4. The molecule has 44 heavy (non-hydrogen) atoms. The van der Waals surface area contributed by atoms with Crippen LogP contribution >= 0.6 is 0 Å². The van der Waals surface area contributed by atoms with Crippen LogP contribution in [0, 0.1) is 6.92 Å². The third-order valence-electron chi connectivity index (χ3n) is 7.85. The van der Waals surface area contributed by atoms with Gasteiger partial charge in [0.1, 0.15) is 23.2 Å². The third-order valence-corrected chi connectivity index (χ3v) is 7.85. The van der Waals surface area contributed by atoms with Crippen LogP contribution in [0.2, 0.25) is 0 Å². The van der Waals surface area contributed by atoms with Gasteiger partial charge in [-0.25, -0.2) is 9.97 Å². The molecule has 1 saturated heterocycles. The monoisotopic (exact) mass is 599 g/mol. The fraction of sp³-hybridized carbons (Fsp3) is 0.219. The van der Waals surface area contributed by atoms with Gasteiger partial charge in [-0.05, 0) is 86.4 Å². The van der Waals surface area contributed by atoms with E-state index in [2.05, 4.69) is 36.6 Å². The zero-order chi connectivity index (χ0) is 30.4. The number of aromatic amines is 1. The summed E-state index contributed by atoms with van der Waals surface area (Å²) in [6.07, 6.45) is -1.12. The molecule has 0 radical (unpaired) electrons. The number of halogens is 3. The molecule has 4 heterocycles. The maximum absolute atomic E-state index is 13.8. The Kier molecular flexibility index (Phi) is 6.85. The first-order valence-electron chi connectivity index (χ1n) is 14.2. The van der Waals surface area contributed by atoms with Crippen LogP contribution in [0.1, 0.15) is 24.0 Å². The van der Waals surface area contributed by atoms with Gasteiger partial charge in [0.25, 0.3) is 6.01 Å². The molecule has 1 fully saturated rings. The summed E-state index contributed by atoms with van der Waals surface area (Å²) in [5.41, 5.74) is 11.1. The standard InChI is InChI=1S/C32H28F3N7O2/c1-17-12-21(40-20-8-10-37-11-9-20)4-6-22(17)25-15-24-29(41-25)38-16-39-30(24)43-28-14-19(32(33,34)35)3-5-23(28)18-2-7-27-26(13-18)42-31(36)44-27/h2-7,12-16,20,37,40H,8-11H2,1H3,(H2,36,42)(H,38,39,41). The van der Waals surface area contributed by atoms with E-state index in [-0.39, 0.29) is 17.6 Å². The molecule has 0 atom stereocenters. The molecule has 0 amide bonds. The lowest BCUT2D eigenvalue weighted by Gasteiger charge is -2.25. The van der Waals surface area contributed by atoms with Crippen molar-refractivity contribution in [2.24, 2.45) is 0 Å². The lowest BCUT2D eigenvalue weighted by Crippen LogP contribution is -2.35. The molecule has 3 aromatic heterocycles. The number of rotatable bonds is 6. The summed E-state index contributed by atoms with van der Waals surface area (Å²) in [5, 5.41) is 7.53. The number of piperidine rings is 1. The summed E-state index contributed by atoms with van der Waals surface area (Å²) in [4.78, 5) is 16.1. The highest BCUT2D eigenvalue weighted by Gasteiger charge is 2.32. The summed E-state index contributed by atoms with van der Waals surface area (Å²) in [6.45, 7) is 4.04. The molecule has 9 nitrogen and oxygen atoms in total. The van der Waals surface area contributed by atoms with Crippen molar-refractivity contribution in [1.82, 2.24) is 25.3 Å². The van der Waals surface area contributed by atoms with Crippen molar-refractivity contribution in [1.29, 1.82) is 0 Å². The predicted octanol–water partition coefficient (Wildman–Crippen LogP) is 7.30. The van der Waals surface area contributed by atoms with E-state index in [0.29, 0.717) is 39.3 Å². The van der Waals surface area contributed by atoms with Gasteiger partial charge in [-0.15, -0.1) is 0 Å². The molecular formula is C32H28F3N7O2. The van der Waals surface area contributed by atoms with Crippen LogP contribution in [-0.4, -0.2) is 39.1 Å². The van der Waals surface area contributed by atoms with Crippen LogP contribution in [0.4, 0.5) is 24.9 Å². The summed E-state index contributed by atoms with van der Waals surface area (Å²) in [5.74, 6) is 0.0922. The number of nitrogens with two attached hydrogens (primary N) is 1. The molecule has 224 valence electrons. The molecule has 7 rings (SSSR count). The molecule has 0 unspecified atom stereocenters. The van der Waals surface area contributed by atoms with Gasteiger partial charge < -0.3 is 30.5 Å². The number of H-pyrrole nitrogens is 1. The first-order valence-corrected chi connectivity index (χ1v) is 14.2. The van der Waals surface area contributed by atoms with Gasteiger partial charge in [-0.1, -0.05) is 18.2 Å². The molecule has 1 aliphatic heterocycles. The molecule has 5 N–H and O–H groups in total. The van der Waals surface area contributed by atoms with E-state index >= 15 is 0 Å². The first kappa shape index (κ1) is 27.7. The molecule has 0 saturated carbocycles. The zero-order valence-electron chi connectivity index (χ0n) is 23.6. The van der Waals surface area contributed by atoms with E-state index in [1.807, 2.05) is 25.1 Å². The topological polar surface area (TPSA) is 127 Å². The van der Waals surface area contributed by atoms with Gasteiger partial charge in [0.05, 0.1) is 10.9 Å². The summed E-state index contributed by atoms with van der Waals surface area (Å²) < 4.78 is 52.8. The quantitative estimate of drug-likeness (QED) is 0.157. The minimum Gasteiger partial charge on any atom is -0.438 e. The second-order valence-corrected chi connectivity index (χ2v) is 10.9. The molecule has 0 spiro atoms. The lowest BCUT2D eigenvalue weighted by molar-refractivity contribution is -0.137. The summed E-state index contributed by atoms with van der Waals surface area (Å²) >= 11 is 0. The zero-order valence-corrected chi connectivity index (χ0v) is 23.6. The number of hydrogen-bond acceptors (Lipinski definition) is 8. The van der Waals surface area contributed by atoms with Crippen molar-refractivity contribution in [2.45, 2.75) is 32.0 Å². The van der Waals surface area contributed by atoms with Gasteiger partial charge in [-0.3, -0.25) is 0 Å². The van der Waals surface area contributed by atoms with Crippen LogP contribution in [-0.2, 0) is 6.18 Å². The number of anilines is 2. The Morgan fingerprint density at radius 1 is 0.977 bits per heavy atom. The van der Waals surface area contributed by atoms with Gasteiger partial charge in [0.15, 0.2) is 5.58 Å². The smallest absolute Gasteiger partial charge is 0.416 e. The fourth-order valence-corrected chi connectivity index (χ4v) is 5.64. The van der Waals surface area contributed by atoms with Crippen LogP contribution in [0.5, 0.6) is 11.6 Å². The van der Waals surface area contributed by atoms with E-state index < -0.39 is 11.7 Å². The Morgan fingerprint density at radius 3 is 2.59 bits per heavy atom. The van der Waals surface area contributed by atoms with Crippen molar-refractivity contribution >= 4 is 33.8 Å². The predicted molar refractivity (Wildman–Crippen MR) is 163 cm³/mol. The first-order chi connectivity index (χ1) is 21.2. The number of nitrogens with zero attached hydrogens (tertiary/aromatic N) is 3. The maximum atomic E-state index is 13.8. The molecule has 0 bridgehead atoms. The van der Waals surface area contributed by atoms with Crippen LogP contribution in [0.15, 0.2) is 71.4 Å². The van der Waals surface area contributed by atoms with Crippen molar-refractivity contribution in [3.63, 3.8) is 0 Å². The van der Waals surface area contributed by atoms with E-state index in [1.165, 1.54) is 12.4 Å². The number of benzene rings is 3. The minimum absolute atomic E-state index is 0.00408. The van der Waals surface area contributed by atoms with Crippen LogP contribution < -0.4 is 21.1 Å². The lowest BCUT2D eigenvalue weighted by atomic mass is 10.0. The van der Waals surface area contributed by atoms with E-state index in [9.17, 15) is 13.2 Å². The van der Waals surface area contributed by atoms with Crippen molar-refractivity contribution in [2.75, 3.05) is 24.1 Å². The number of ether oxygens (including phenoxy) is 1. The third kappa shape index (κ3) is 5.39. The number of alkyl halides is 3. The number of nitrogens with one attached hydrogen (secondary N) is 3. The van der Waals surface area contributed by atoms with Crippen molar-refractivity contribution in [3.8, 4) is 34.0 Å². The SMILES string of the molecule is Cc1cc(NC2CCNCC2)ccc1-c1cc2c(Oc3cc(C(F)(F)F)ccc3-c3ccc4oc(N)nc4c3)ncnc2[nH]1. The molecule has 0 aliphatic carbocycles. The molecule has 1 aliphatic rings. The van der Waals surface area contributed by atoms with Crippen LogP contribution in [0.3, 0.4) is 0 Å². The van der Waals surface area contributed by atoms with Gasteiger partial charge in [0, 0.05) is 28.6 Å². The number of hydrogen-bond donors (Lipinski definition) is 4. The molecule has 6 aromatic rings. The Labute approximate surface area is 249 Å². The van der Waals surface area contributed by atoms with E-state index in [0.717, 1.165) is 60.6 Å². The number of aryl methyl sites for hydroxylation is 1. The number of oxazole rings is 1. The van der Waals surface area contributed by atoms with Gasteiger partial charge in [0.2, 0.25) is 5.88 Å². The van der Waals surface area contributed by atoms with E-state index in [4.69, 9.17) is 14.9 Å². The minimum atomic E-state index is -4.57. The highest BCUT2D eigenvalue weighted by molar-refractivity contribution is 5.89. The number of aromatic nitrogens is 4. The fourth-order valence-electron chi connectivity index (χ4n) is 5.64. The van der Waals surface area contributed by atoms with Crippen LogP contribution in [0.25, 0.3) is 44.5 Å². The summed E-state index contributed by atoms with van der Waals surface area (Å²) in [7, 11) is 0. The average Bonchev–Trinajstić information content (AvgIpc) is 3.60. The number of nitrogen functional groups attached to an aromatic ring is 1. The second kappa shape index (κ2) is 10.9. The van der Waals surface area contributed by atoms with Crippen molar-refractivity contribution < 1.29 is 22.3 Å². The molecule has 3 aromatic carbocycles. The Bertz CT molecular complexity index is 1990. The highest BCUT2D eigenvalue weighted by atomic mass is 19.4. The maximum Gasteiger partial charge on any atom is 0.416 e. The Hall–Kier alpha value is -5.10. The van der Waals surface area contributed by atoms with Gasteiger partial charge in [-0.2, -0.15) is 18.2 Å². The molecule has 12 heteroatoms. The molecular weight excluding hydrogens is 571 g/mol. The van der Waals surface area contributed by atoms with E-state index in [1.54, 1.807) is 18.2 Å². The Balaban J connectivity index is 1.24. The highest BCUT2D eigenvalue weighted by Crippen LogP contribution is 2.41. The number of fused-ring (bicyclic) bond motifs is 2.